The van der Waals surface area contributed by atoms with Gasteiger partial charge in [0.15, 0.2) is 16.3 Å². The number of halogens is 2. The average molecular weight is 714 g/mol. The van der Waals surface area contributed by atoms with E-state index in [1.165, 1.54) is 11.3 Å². The highest BCUT2D eigenvalue weighted by atomic mass is 79.9. The first-order valence-corrected chi connectivity index (χ1v) is 16.9. The number of hydrogen-bond donors (Lipinski definition) is 0. The highest BCUT2D eigenvalue weighted by molar-refractivity contribution is 9.10. The minimum Gasteiger partial charge on any atom is -0.493 e. The van der Waals surface area contributed by atoms with Crippen molar-refractivity contribution in [3.05, 3.63) is 118 Å². The van der Waals surface area contributed by atoms with Crippen LogP contribution in [0.5, 0.6) is 11.5 Å². The number of esters is 1. The van der Waals surface area contributed by atoms with Gasteiger partial charge in [-0.25, -0.2) is 9.79 Å². The Bertz CT molecular complexity index is 1920. The largest absolute Gasteiger partial charge is 0.493 e. The van der Waals surface area contributed by atoms with Crippen LogP contribution in [0.1, 0.15) is 43.5 Å². The average Bonchev–Trinajstić information content (AvgIpc) is 3.29. The van der Waals surface area contributed by atoms with Gasteiger partial charge in [0, 0.05) is 9.92 Å². The van der Waals surface area contributed by atoms with Crippen LogP contribution in [-0.4, -0.2) is 30.0 Å². The van der Waals surface area contributed by atoms with Gasteiger partial charge in [-0.15, -0.1) is 11.8 Å². The predicted octanol–water partition coefficient (Wildman–Crippen LogP) is 6.91. The molecule has 1 aliphatic heterocycles. The van der Waals surface area contributed by atoms with Gasteiger partial charge in [-0.2, -0.15) is 0 Å². The zero-order chi connectivity index (χ0) is 31.5. The maximum atomic E-state index is 14.0. The van der Waals surface area contributed by atoms with Gasteiger partial charge in [0.1, 0.15) is 6.61 Å². The van der Waals surface area contributed by atoms with Crippen molar-refractivity contribution < 1.29 is 19.0 Å². The number of methoxy groups -OCH3 is 1. The molecule has 0 amide bonds. The number of fused-ring (bicyclic) bond motifs is 1. The molecule has 0 spiro atoms. The molecule has 5 rings (SSSR count). The number of benzene rings is 3. The third-order valence-corrected chi connectivity index (χ3v) is 9.43. The van der Waals surface area contributed by atoms with Crippen LogP contribution >= 0.6 is 50.6 Å². The fraction of sp³-hybridized carbons (Fsp3) is 0.242. The highest BCUT2D eigenvalue weighted by Gasteiger charge is 2.33. The van der Waals surface area contributed by atoms with Crippen molar-refractivity contribution in [1.29, 1.82) is 0 Å². The molecule has 1 aliphatic rings. The van der Waals surface area contributed by atoms with Gasteiger partial charge in [-0.3, -0.25) is 9.36 Å². The number of rotatable bonds is 9. The third kappa shape index (κ3) is 6.83. The Morgan fingerprint density at radius 2 is 1.86 bits per heavy atom. The smallest absolute Gasteiger partial charge is 0.338 e. The van der Waals surface area contributed by atoms with Crippen molar-refractivity contribution in [3.8, 4) is 11.5 Å². The Kier molecular flexibility index (Phi) is 10.0. The molecule has 3 aromatic carbocycles. The molecular formula is C33H30BrClN2O5S2. The lowest BCUT2D eigenvalue weighted by molar-refractivity contribution is -0.143. The van der Waals surface area contributed by atoms with E-state index in [2.05, 4.69) is 20.9 Å². The van der Waals surface area contributed by atoms with Crippen LogP contribution < -0.4 is 24.4 Å². The van der Waals surface area contributed by atoms with Gasteiger partial charge in [0.2, 0.25) is 0 Å². The van der Waals surface area contributed by atoms with Gasteiger partial charge >= 0.3 is 5.97 Å². The molecule has 1 aromatic heterocycles. The summed E-state index contributed by atoms with van der Waals surface area (Å²) in [5, 5.41) is 0.656. The Morgan fingerprint density at radius 3 is 2.50 bits per heavy atom. The van der Waals surface area contributed by atoms with E-state index >= 15 is 0 Å². The molecule has 0 fully saturated rings. The quantitative estimate of drug-likeness (QED) is 0.139. The van der Waals surface area contributed by atoms with Crippen LogP contribution in [0.3, 0.4) is 0 Å². The van der Waals surface area contributed by atoms with Gasteiger partial charge in [0.25, 0.3) is 5.56 Å². The van der Waals surface area contributed by atoms with E-state index in [-0.39, 0.29) is 11.7 Å². The predicted molar refractivity (Wildman–Crippen MR) is 180 cm³/mol. The topological polar surface area (TPSA) is 79.1 Å². The number of allylic oxidation sites excluding steroid dienone is 1. The SMILES string of the molecule is COc1cc(/C=c2\sc3n(c2=O)[C@@H](c2ccc(SC)cc2)C(C(=O)OC(C)C)=C(C)N=3)cc(Br)c1OCc1ccc(Cl)cc1. The molecule has 1 atom stereocenters. The third-order valence-electron chi connectivity index (χ3n) is 6.86. The van der Waals surface area contributed by atoms with Crippen molar-refractivity contribution in [2.45, 2.75) is 44.4 Å². The number of carbonyl (C=O) groups is 1. The summed E-state index contributed by atoms with van der Waals surface area (Å²) >= 11 is 12.5. The number of nitrogens with zero attached hydrogens (tertiary/aromatic N) is 2. The van der Waals surface area contributed by atoms with Gasteiger partial charge in [-0.05, 0) is 102 Å². The van der Waals surface area contributed by atoms with Crippen LogP contribution in [0.25, 0.3) is 6.08 Å². The zero-order valence-corrected chi connectivity index (χ0v) is 28.7. The Morgan fingerprint density at radius 1 is 1.16 bits per heavy atom. The Labute approximate surface area is 277 Å². The summed E-state index contributed by atoms with van der Waals surface area (Å²) in [5.41, 5.74) is 3.10. The van der Waals surface area contributed by atoms with Crippen LogP contribution in [0.15, 0.2) is 91.1 Å². The Hall–Kier alpha value is -3.31. The number of hydrogen-bond acceptors (Lipinski definition) is 8. The van der Waals surface area contributed by atoms with Crippen molar-refractivity contribution in [1.82, 2.24) is 4.57 Å². The summed E-state index contributed by atoms with van der Waals surface area (Å²) in [6.45, 7) is 5.70. The molecule has 0 saturated heterocycles. The number of thioether (sulfide) groups is 1. The summed E-state index contributed by atoms with van der Waals surface area (Å²) < 4.78 is 20.0. The van der Waals surface area contributed by atoms with Crippen molar-refractivity contribution in [2.24, 2.45) is 4.99 Å². The van der Waals surface area contributed by atoms with Gasteiger partial charge in [0.05, 0.1) is 39.5 Å². The first kappa shape index (κ1) is 32.1. The van der Waals surface area contributed by atoms with Crippen molar-refractivity contribution in [2.75, 3.05) is 13.4 Å². The lowest BCUT2D eigenvalue weighted by Gasteiger charge is -2.25. The molecule has 0 bridgehead atoms. The number of aromatic nitrogens is 1. The molecule has 4 aromatic rings. The second kappa shape index (κ2) is 13.8. The molecule has 0 N–H and O–H groups in total. The first-order valence-electron chi connectivity index (χ1n) is 13.7. The van der Waals surface area contributed by atoms with E-state index < -0.39 is 12.0 Å². The number of ether oxygens (including phenoxy) is 3. The zero-order valence-electron chi connectivity index (χ0n) is 24.7. The summed E-state index contributed by atoms with van der Waals surface area (Å²) in [4.78, 5) is 33.7. The molecule has 0 aliphatic carbocycles. The fourth-order valence-corrected chi connectivity index (χ4v) is 6.97. The van der Waals surface area contributed by atoms with Crippen molar-refractivity contribution >= 4 is 62.7 Å². The monoisotopic (exact) mass is 712 g/mol. The van der Waals surface area contributed by atoms with E-state index in [1.54, 1.807) is 50.3 Å². The maximum Gasteiger partial charge on any atom is 0.338 e. The second-order valence-corrected chi connectivity index (χ2v) is 13.4. The minimum absolute atomic E-state index is 0.256. The van der Waals surface area contributed by atoms with Crippen LogP contribution in [0.2, 0.25) is 5.02 Å². The molecule has 44 heavy (non-hydrogen) atoms. The molecule has 7 nitrogen and oxygen atoms in total. The fourth-order valence-electron chi connectivity index (χ4n) is 4.81. The van der Waals surface area contributed by atoms with Crippen molar-refractivity contribution in [3.63, 3.8) is 0 Å². The molecule has 0 radical (unpaired) electrons. The lowest BCUT2D eigenvalue weighted by atomic mass is 9.96. The van der Waals surface area contributed by atoms with E-state index in [0.29, 0.717) is 48.2 Å². The van der Waals surface area contributed by atoms with E-state index in [4.69, 9.17) is 25.8 Å². The van der Waals surface area contributed by atoms with E-state index in [1.807, 2.05) is 66.9 Å². The maximum absolute atomic E-state index is 14.0. The van der Waals surface area contributed by atoms with Crippen LogP contribution in [-0.2, 0) is 16.1 Å². The number of carbonyl (C=O) groups excluding carboxylic acids is 1. The molecular weight excluding hydrogens is 684 g/mol. The first-order chi connectivity index (χ1) is 21.1. The molecule has 0 unspecified atom stereocenters. The molecule has 2 heterocycles. The second-order valence-electron chi connectivity index (χ2n) is 10.3. The molecule has 11 heteroatoms. The van der Waals surface area contributed by atoms with E-state index in [9.17, 15) is 9.59 Å². The minimum atomic E-state index is -0.680. The lowest BCUT2D eigenvalue weighted by Crippen LogP contribution is -2.40. The number of thiazole rings is 1. The molecule has 228 valence electrons. The summed E-state index contributed by atoms with van der Waals surface area (Å²) in [7, 11) is 1.57. The van der Waals surface area contributed by atoms with E-state index in [0.717, 1.165) is 21.6 Å². The van der Waals surface area contributed by atoms with Crippen LogP contribution in [0.4, 0.5) is 0 Å². The highest BCUT2D eigenvalue weighted by Crippen LogP contribution is 2.38. The molecule has 0 saturated carbocycles. The normalized spacial score (nSPS) is 14.8. The standard InChI is InChI=1S/C33H30BrClN2O5S2/c1-18(2)42-32(39)28-19(3)36-33-37(29(28)22-8-12-24(43-5)13-9-22)31(38)27(44-33)16-21-14-25(34)30(26(15-21)40-4)41-17-20-6-10-23(35)11-7-20/h6-16,18,29H,17H2,1-5H3/b27-16-/t29-/m0/s1. The summed E-state index contributed by atoms with van der Waals surface area (Å²) in [6.07, 6.45) is 3.47. The van der Waals surface area contributed by atoms with Gasteiger partial charge in [-0.1, -0.05) is 47.2 Å². The summed E-state index contributed by atoms with van der Waals surface area (Å²) in [5.74, 6) is 0.560. The van der Waals surface area contributed by atoms with Gasteiger partial charge < -0.3 is 14.2 Å². The van der Waals surface area contributed by atoms with Crippen LogP contribution in [0, 0.1) is 0 Å². The summed E-state index contributed by atoms with van der Waals surface area (Å²) in [6, 6.07) is 18.3. The Balaban J connectivity index is 1.57.